The van der Waals surface area contributed by atoms with Crippen LogP contribution in [0.2, 0.25) is 0 Å². The van der Waals surface area contributed by atoms with E-state index in [9.17, 15) is 5.11 Å². The van der Waals surface area contributed by atoms with Gasteiger partial charge in [-0.3, -0.25) is 14.1 Å². The molecule has 10 aromatic rings. The Morgan fingerprint density at radius 1 is 0.435 bits per heavy atom. The normalized spacial score (nSPS) is 12.5. The van der Waals surface area contributed by atoms with Crippen LogP contribution in [-0.4, -0.2) is 29.2 Å². The molecule has 340 valence electrons. The molecule has 3 aromatic heterocycles. The lowest BCUT2D eigenvalue weighted by Crippen LogP contribution is -2.17. The molecule has 7 aromatic carbocycles. The molecule has 0 bridgehead atoms. The van der Waals surface area contributed by atoms with Gasteiger partial charge in [0, 0.05) is 45.3 Å². The monoisotopic (exact) mass is 899 g/mol. The number of hydrogen-bond acceptors (Lipinski definition) is 4. The predicted octanol–water partition coefficient (Wildman–Crippen LogP) is 16.2. The molecule has 0 amide bonds. The van der Waals surface area contributed by atoms with E-state index in [0.717, 1.165) is 101 Å². The topological polar surface area (TPSA) is 68.8 Å². The summed E-state index contributed by atoms with van der Waals surface area (Å²) in [6.07, 6.45) is 1.91. The standard InChI is InChI=1S/C63H57N5O/c1-61(2,3)44-34-42(33-43(35-44)52-36-41(31-32-64-52)39-21-13-10-14-22-39)47-29-30-49-56-55(65-59(40-23-15-11-16-24-40)67(56)46-25-17-12-18-26-46)48-27-19-20-28-53(48)68-57(49)54(47)66-60(68)50-37-45(62(4,5)6)38-51(58(50)69)63(7,8)9/h10-38,69H,1-9H3. The van der Waals surface area contributed by atoms with Crippen LogP contribution in [0.3, 0.4) is 0 Å². The fourth-order valence-electron chi connectivity index (χ4n) is 9.93. The van der Waals surface area contributed by atoms with E-state index in [0.29, 0.717) is 11.4 Å². The van der Waals surface area contributed by atoms with E-state index in [1.54, 1.807) is 0 Å². The van der Waals surface area contributed by atoms with Crippen LogP contribution in [0.4, 0.5) is 0 Å². The number of rotatable bonds is 6. The van der Waals surface area contributed by atoms with Gasteiger partial charge >= 0.3 is 0 Å². The summed E-state index contributed by atoms with van der Waals surface area (Å²) in [5.74, 6) is 1.76. The number of aromatic hydroxyl groups is 1. The highest BCUT2D eigenvalue weighted by Gasteiger charge is 2.35. The molecule has 0 saturated heterocycles. The summed E-state index contributed by atoms with van der Waals surface area (Å²) in [7, 11) is 0. The molecule has 1 aliphatic heterocycles. The second-order valence-electron chi connectivity index (χ2n) is 21.6. The van der Waals surface area contributed by atoms with Crippen LogP contribution >= 0.6 is 0 Å². The van der Waals surface area contributed by atoms with Crippen molar-refractivity contribution in [2.75, 3.05) is 0 Å². The lowest BCUT2D eigenvalue weighted by Gasteiger charge is -2.27. The molecule has 0 atom stereocenters. The number of aromatic nitrogens is 5. The van der Waals surface area contributed by atoms with Crippen molar-refractivity contribution in [3.05, 3.63) is 193 Å². The fraction of sp³-hybridized carbons (Fsp3) is 0.190. The number of imidazole rings is 2. The molecular formula is C63H57N5O. The maximum absolute atomic E-state index is 12.7. The largest absolute Gasteiger partial charge is 0.507 e. The number of benzene rings is 7. The Balaban J connectivity index is 1.28. The van der Waals surface area contributed by atoms with Gasteiger partial charge in [0.25, 0.3) is 0 Å². The van der Waals surface area contributed by atoms with Crippen molar-refractivity contribution in [2.45, 2.75) is 78.6 Å². The van der Waals surface area contributed by atoms with Gasteiger partial charge in [-0.2, -0.15) is 0 Å². The van der Waals surface area contributed by atoms with Crippen LogP contribution in [0.25, 0.3) is 101 Å². The molecule has 69 heavy (non-hydrogen) atoms. The van der Waals surface area contributed by atoms with Gasteiger partial charge in [-0.25, -0.2) is 9.97 Å². The summed E-state index contributed by atoms with van der Waals surface area (Å²) in [4.78, 5) is 16.4. The highest BCUT2D eigenvalue weighted by atomic mass is 16.3. The zero-order valence-corrected chi connectivity index (χ0v) is 40.9. The Kier molecular flexibility index (Phi) is 10.2. The molecule has 0 radical (unpaired) electrons. The van der Waals surface area contributed by atoms with Gasteiger partial charge in [-0.05, 0) is 98.7 Å². The molecule has 6 heteroatoms. The average molecular weight is 900 g/mol. The van der Waals surface area contributed by atoms with Crippen LogP contribution < -0.4 is 0 Å². The molecule has 1 N–H and O–H groups in total. The lowest BCUT2D eigenvalue weighted by molar-refractivity contribution is 0.446. The maximum Gasteiger partial charge on any atom is 0.149 e. The zero-order chi connectivity index (χ0) is 48.0. The molecule has 0 saturated carbocycles. The van der Waals surface area contributed by atoms with Crippen molar-refractivity contribution >= 4 is 11.0 Å². The highest BCUT2D eigenvalue weighted by Crippen LogP contribution is 2.51. The van der Waals surface area contributed by atoms with Crippen LogP contribution in [0.15, 0.2) is 176 Å². The highest BCUT2D eigenvalue weighted by molar-refractivity contribution is 6.08. The van der Waals surface area contributed by atoms with Gasteiger partial charge in [0.15, 0.2) is 0 Å². The van der Waals surface area contributed by atoms with Gasteiger partial charge in [-0.15, -0.1) is 0 Å². The summed E-state index contributed by atoms with van der Waals surface area (Å²) in [6.45, 7) is 20.0. The molecule has 0 spiro atoms. The summed E-state index contributed by atoms with van der Waals surface area (Å²) in [6, 6.07) is 60.1. The van der Waals surface area contributed by atoms with E-state index in [4.69, 9.17) is 15.0 Å². The number of nitrogens with zero attached hydrogens (tertiary/aromatic N) is 5. The Morgan fingerprint density at radius 3 is 1.72 bits per heavy atom. The molecule has 0 aliphatic carbocycles. The van der Waals surface area contributed by atoms with E-state index in [2.05, 4.69) is 229 Å². The third-order valence-electron chi connectivity index (χ3n) is 13.7. The Bertz CT molecular complexity index is 3600. The maximum atomic E-state index is 12.7. The van der Waals surface area contributed by atoms with Gasteiger partial charge < -0.3 is 5.11 Å². The van der Waals surface area contributed by atoms with E-state index in [-0.39, 0.29) is 22.0 Å². The van der Waals surface area contributed by atoms with Crippen LogP contribution in [0.5, 0.6) is 5.75 Å². The number of pyridine rings is 1. The van der Waals surface area contributed by atoms with E-state index >= 15 is 0 Å². The number of phenols is 1. The van der Waals surface area contributed by atoms with Gasteiger partial charge in [0.2, 0.25) is 0 Å². The first-order valence-corrected chi connectivity index (χ1v) is 24.0. The van der Waals surface area contributed by atoms with E-state index < -0.39 is 0 Å². The van der Waals surface area contributed by atoms with Gasteiger partial charge in [-0.1, -0.05) is 178 Å². The summed E-state index contributed by atoms with van der Waals surface area (Å²) in [5.41, 5.74) is 17.9. The molecule has 11 rings (SSSR count). The van der Waals surface area contributed by atoms with Crippen molar-refractivity contribution in [1.82, 2.24) is 24.1 Å². The summed E-state index contributed by atoms with van der Waals surface area (Å²) >= 11 is 0. The number of hydrogen-bond donors (Lipinski definition) is 1. The minimum absolute atomic E-state index is 0.180. The predicted molar refractivity (Wildman–Crippen MR) is 285 cm³/mol. The SMILES string of the molecule is CC(C)(C)c1cc(-c2cc(-c3ccccc3)ccn2)cc(-c2ccc3c4c2nc(-c2cc(C(C)(C)C)cc(C(C)(C)C)c2O)n4-c2ccccc2-c2nc(-c4ccccc4)n(-c4ccccc4)c2-3)c1. The van der Waals surface area contributed by atoms with Gasteiger partial charge in [0.1, 0.15) is 17.4 Å². The molecule has 4 heterocycles. The molecular weight excluding hydrogens is 843 g/mol. The van der Waals surface area contributed by atoms with Crippen molar-refractivity contribution in [3.8, 4) is 95.9 Å². The first-order valence-electron chi connectivity index (χ1n) is 24.0. The van der Waals surface area contributed by atoms with Crippen LogP contribution in [0, 0.1) is 0 Å². The second-order valence-corrected chi connectivity index (χ2v) is 21.6. The average Bonchev–Trinajstić information content (AvgIpc) is 3.91. The van der Waals surface area contributed by atoms with Crippen LogP contribution in [0.1, 0.15) is 79.0 Å². The summed E-state index contributed by atoms with van der Waals surface area (Å²) in [5, 5.41) is 12.7. The van der Waals surface area contributed by atoms with E-state index in [1.807, 2.05) is 18.3 Å². The number of para-hydroxylation sites is 2. The van der Waals surface area contributed by atoms with Crippen molar-refractivity contribution in [3.63, 3.8) is 0 Å². The smallest absolute Gasteiger partial charge is 0.149 e. The third kappa shape index (κ3) is 7.55. The lowest BCUT2D eigenvalue weighted by atomic mass is 9.79. The minimum atomic E-state index is -0.351. The minimum Gasteiger partial charge on any atom is -0.507 e. The Labute approximate surface area is 405 Å². The van der Waals surface area contributed by atoms with Crippen molar-refractivity contribution in [1.29, 1.82) is 0 Å². The van der Waals surface area contributed by atoms with Gasteiger partial charge in [0.05, 0.1) is 39.4 Å². The quantitative estimate of drug-likeness (QED) is 0.181. The number of phenolic OH excluding ortho intramolecular Hbond substituents is 1. The Hall–Kier alpha value is -7.83. The van der Waals surface area contributed by atoms with Crippen molar-refractivity contribution in [2.24, 2.45) is 0 Å². The molecule has 6 nitrogen and oxygen atoms in total. The first-order chi connectivity index (χ1) is 33.0. The molecule has 0 unspecified atom stereocenters. The van der Waals surface area contributed by atoms with E-state index in [1.165, 1.54) is 5.56 Å². The molecule has 1 aliphatic rings. The summed E-state index contributed by atoms with van der Waals surface area (Å²) < 4.78 is 4.62. The fourth-order valence-corrected chi connectivity index (χ4v) is 9.93. The third-order valence-corrected chi connectivity index (χ3v) is 13.7. The van der Waals surface area contributed by atoms with Crippen LogP contribution in [-0.2, 0) is 16.2 Å². The second kappa shape index (κ2) is 16.2. The van der Waals surface area contributed by atoms with Crippen molar-refractivity contribution < 1.29 is 5.11 Å². The first kappa shape index (κ1) is 43.7. The molecule has 0 fully saturated rings. The zero-order valence-electron chi connectivity index (χ0n) is 40.9. The Morgan fingerprint density at radius 2 is 1.04 bits per heavy atom. The number of fused-ring (bicyclic) bond motifs is 5.